The predicted molar refractivity (Wildman–Crippen MR) is 88.8 cm³/mol. The Kier molecular flexibility index (Phi) is 5.09. The van der Waals surface area contributed by atoms with Gasteiger partial charge in [0.2, 0.25) is 5.91 Å². The molecule has 0 unspecified atom stereocenters. The van der Waals surface area contributed by atoms with E-state index in [1.54, 1.807) is 4.90 Å². The van der Waals surface area contributed by atoms with Gasteiger partial charge < -0.3 is 16.0 Å². The van der Waals surface area contributed by atoms with E-state index < -0.39 is 0 Å². The van der Waals surface area contributed by atoms with Crippen LogP contribution in [0.4, 0.5) is 4.79 Å². The first-order valence-electron chi connectivity index (χ1n) is 9.09. The van der Waals surface area contributed by atoms with Crippen molar-refractivity contribution in [2.75, 3.05) is 32.7 Å². The van der Waals surface area contributed by atoms with Crippen LogP contribution >= 0.6 is 0 Å². The van der Waals surface area contributed by atoms with Gasteiger partial charge in [0, 0.05) is 32.2 Å². The molecule has 0 aromatic heterocycles. The maximum Gasteiger partial charge on any atom is 0.314 e. The molecule has 3 N–H and O–H groups in total. The van der Waals surface area contributed by atoms with Crippen molar-refractivity contribution in [2.24, 2.45) is 23.5 Å². The summed E-state index contributed by atoms with van der Waals surface area (Å²) in [7, 11) is 0. The number of hydrogen-bond acceptors (Lipinski definition) is 3. The summed E-state index contributed by atoms with van der Waals surface area (Å²) in [6.07, 6.45) is 6.29. The molecule has 0 spiro atoms. The summed E-state index contributed by atoms with van der Waals surface area (Å²) in [6.45, 7) is 5.47. The number of carbonyl (C=O) groups excluding carboxylic acids is 2. The summed E-state index contributed by atoms with van der Waals surface area (Å²) in [5.74, 6) is 2.53. The summed E-state index contributed by atoms with van der Waals surface area (Å²) >= 11 is 0. The highest BCUT2D eigenvalue weighted by Crippen LogP contribution is 2.49. The summed E-state index contributed by atoms with van der Waals surface area (Å²) in [4.78, 5) is 27.4. The second kappa shape index (κ2) is 7.07. The summed E-state index contributed by atoms with van der Waals surface area (Å²) < 4.78 is 0. The van der Waals surface area contributed by atoms with Gasteiger partial charge >= 0.3 is 6.03 Å². The molecule has 1 aliphatic heterocycles. The minimum absolute atomic E-state index is 0.118. The van der Waals surface area contributed by atoms with Gasteiger partial charge in [-0.2, -0.15) is 0 Å². The fourth-order valence-corrected chi connectivity index (χ4v) is 4.87. The molecule has 1 saturated heterocycles. The lowest BCUT2D eigenvalue weighted by Crippen LogP contribution is -2.46. The minimum Gasteiger partial charge on any atom is -0.352 e. The van der Waals surface area contributed by atoms with Crippen LogP contribution in [-0.2, 0) is 4.79 Å². The highest BCUT2D eigenvalue weighted by atomic mass is 16.2. The van der Waals surface area contributed by atoms with Gasteiger partial charge in [0.1, 0.15) is 0 Å². The van der Waals surface area contributed by atoms with Gasteiger partial charge in [0.05, 0.1) is 6.54 Å². The van der Waals surface area contributed by atoms with Gasteiger partial charge in [-0.15, -0.1) is 0 Å². The van der Waals surface area contributed by atoms with Crippen molar-refractivity contribution in [3.05, 3.63) is 0 Å². The highest BCUT2D eigenvalue weighted by molar-refractivity contribution is 5.78. The maximum absolute atomic E-state index is 12.4. The van der Waals surface area contributed by atoms with E-state index in [2.05, 4.69) is 17.1 Å². The molecular weight excluding hydrogens is 292 g/mol. The molecule has 3 amide bonds. The van der Waals surface area contributed by atoms with Crippen LogP contribution in [-0.4, -0.2) is 60.5 Å². The van der Waals surface area contributed by atoms with Gasteiger partial charge in [-0.05, 0) is 50.4 Å². The van der Waals surface area contributed by atoms with E-state index in [1.807, 2.05) is 0 Å². The number of fused-ring (bicyclic) bond motifs is 2. The molecule has 3 rings (SSSR count). The molecule has 2 aliphatic carbocycles. The Morgan fingerprint density at radius 2 is 2.00 bits per heavy atom. The standard InChI is InChI=1S/C17H30N4O2/c1-12(15-10-13-3-4-14(15)9-13)19-16(22)11-20-5-2-6-21(8-7-20)17(18)23/h12-15H,2-11H2,1H3,(H2,18,23)(H,19,22)/t12-,13+,14+,15+/m1/s1. The third-order valence-electron chi connectivity index (χ3n) is 6.09. The number of nitrogens with two attached hydrogens (primary N) is 1. The molecule has 23 heavy (non-hydrogen) atoms. The first-order chi connectivity index (χ1) is 11.0. The Labute approximate surface area is 138 Å². The Morgan fingerprint density at radius 1 is 1.17 bits per heavy atom. The summed E-state index contributed by atoms with van der Waals surface area (Å²) in [5, 5.41) is 3.22. The average Bonchev–Trinajstić information content (AvgIpc) is 3.05. The SMILES string of the molecule is C[C@@H](NC(=O)CN1CCCN(C(N)=O)CC1)[C@@H]1C[C@H]2CC[C@H]1C2. The molecule has 0 aromatic rings. The van der Waals surface area contributed by atoms with E-state index in [-0.39, 0.29) is 18.0 Å². The molecule has 3 aliphatic rings. The van der Waals surface area contributed by atoms with Gasteiger partial charge in [-0.25, -0.2) is 4.79 Å². The Bertz CT molecular complexity index is 456. The largest absolute Gasteiger partial charge is 0.352 e. The van der Waals surface area contributed by atoms with E-state index in [0.29, 0.717) is 25.6 Å². The highest BCUT2D eigenvalue weighted by Gasteiger charge is 2.42. The molecule has 0 radical (unpaired) electrons. The molecule has 2 saturated carbocycles. The van der Waals surface area contributed by atoms with Crippen LogP contribution in [0.2, 0.25) is 0 Å². The molecular formula is C17H30N4O2. The van der Waals surface area contributed by atoms with E-state index in [9.17, 15) is 9.59 Å². The van der Waals surface area contributed by atoms with E-state index in [4.69, 9.17) is 5.73 Å². The van der Waals surface area contributed by atoms with Gasteiger partial charge in [-0.3, -0.25) is 9.69 Å². The van der Waals surface area contributed by atoms with Gasteiger partial charge in [-0.1, -0.05) is 6.42 Å². The Balaban J connectivity index is 1.43. The van der Waals surface area contributed by atoms with Crippen molar-refractivity contribution < 1.29 is 9.59 Å². The number of urea groups is 1. The van der Waals surface area contributed by atoms with Crippen molar-refractivity contribution in [1.29, 1.82) is 0 Å². The topological polar surface area (TPSA) is 78.7 Å². The predicted octanol–water partition coefficient (Wildman–Crippen LogP) is 1.01. The van der Waals surface area contributed by atoms with Crippen LogP contribution in [0.5, 0.6) is 0 Å². The second-order valence-electron chi connectivity index (χ2n) is 7.65. The third-order valence-corrected chi connectivity index (χ3v) is 6.09. The fraction of sp³-hybridized carbons (Fsp3) is 0.882. The first-order valence-corrected chi connectivity index (χ1v) is 9.09. The van der Waals surface area contributed by atoms with Crippen LogP contribution in [0.3, 0.4) is 0 Å². The molecule has 1 heterocycles. The quantitative estimate of drug-likeness (QED) is 0.811. The first kappa shape index (κ1) is 16.6. The van der Waals surface area contributed by atoms with Crippen molar-refractivity contribution in [2.45, 2.75) is 45.1 Å². The number of nitrogens with one attached hydrogen (secondary N) is 1. The van der Waals surface area contributed by atoms with Crippen LogP contribution in [0.1, 0.15) is 39.0 Å². The number of rotatable bonds is 4. The summed E-state index contributed by atoms with van der Waals surface area (Å²) in [5.41, 5.74) is 5.34. The summed E-state index contributed by atoms with van der Waals surface area (Å²) in [6, 6.07) is -0.0758. The van der Waals surface area contributed by atoms with Crippen molar-refractivity contribution in [1.82, 2.24) is 15.1 Å². The molecule has 6 nitrogen and oxygen atoms in total. The minimum atomic E-state index is -0.360. The molecule has 0 aromatic carbocycles. The molecule has 6 heteroatoms. The van der Waals surface area contributed by atoms with E-state index in [1.165, 1.54) is 25.7 Å². The number of amides is 3. The Hall–Kier alpha value is -1.30. The lowest BCUT2D eigenvalue weighted by Gasteiger charge is -2.29. The third kappa shape index (κ3) is 3.97. The second-order valence-corrected chi connectivity index (χ2v) is 7.65. The average molecular weight is 322 g/mol. The molecule has 3 fully saturated rings. The molecule has 4 atom stereocenters. The monoisotopic (exact) mass is 322 g/mol. The maximum atomic E-state index is 12.4. The number of hydrogen-bond donors (Lipinski definition) is 2. The zero-order valence-electron chi connectivity index (χ0n) is 14.2. The van der Waals surface area contributed by atoms with Crippen LogP contribution < -0.4 is 11.1 Å². The zero-order valence-corrected chi connectivity index (χ0v) is 14.2. The van der Waals surface area contributed by atoms with E-state index in [0.717, 1.165) is 31.3 Å². The number of nitrogens with zero attached hydrogens (tertiary/aromatic N) is 2. The molecule has 130 valence electrons. The zero-order chi connectivity index (χ0) is 16.4. The van der Waals surface area contributed by atoms with Crippen LogP contribution in [0, 0.1) is 17.8 Å². The van der Waals surface area contributed by atoms with Crippen LogP contribution in [0.25, 0.3) is 0 Å². The van der Waals surface area contributed by atoms with Crippen molar-refractivity contribution >= 4 is 11.9 Å². The van der Waals surface area contributed by atoms with Crippen LogP contribution in [0.15, 0.2) is 0 Å². The number of carbonyl (C=O) groups is 2. The van der Waals surface area contributed by atoms with Gasteiger partial charge in [0.15, 0.2) is 0 Å². The molecule has 2 bridgehead atoms. The van der Waals surface area contributed by atoms with Crippen molar-refractivity contribution in [3.8, 4) is 0 Å². The lowest BCUT2D eigenvalue weighted by molar-refractivity contribution is -0.123. The van der Waals surface area contributed by atoms with Gasteiger partial charge in [0.25, 0.3) is 0 Å². The fourth-order valence-electron chi connectivity index (χ4n) is 4.87. The lowest BCUT2D eigenvalue weighted by atomic mass is 9.84. The number of primary amides is 1. The van der Waals surface area contributed by atoms with E-state index >= 15 is 0 Å². The van der Waals surface area contributed by atoms with Crippen molar-refractivity contribution in [3.63, 3.8) is 0 Å². The normalized spacial score (nSPS) is 32.6. The smallest absolute Gasteiger partial charge is 0.314 e. The Morgan fingerprint density at radius 3 is 2.65 bits per heavy atom.